The highest BCUT2D eigenvalue weighted by Crippen LogP contribution is 2.40. The quantitative estimate of drug-likeness (QED) is 0.0358. The van der Waals surface area contributed by atoms with Crippen molar-refractivity contribution in [2.75, 3.05) is 33.0 Å². The minimum atomic E-state index is -5.22. The predicted octanol–water partition coefficient (Wildman–Crippen LogP) is -12.9. The van der Waals surface area contributed by atoms with Crippen LogP contribution in [0.3, 0.4) is 0 Å². The Morgan fingerprint density at radius 2 is 0.859 bits per heavy atom. The van der Waals surface area contributed by atoms with Crippen molar-refractivity contribution < 1.29 is 175 Å². The Kier molecular flexibility index (Phi) is 27.2. The minimum absolute atomic E-state index is 0.153. The van der Waals surface area contributed by atoms with Gasteiger partial charge < -0.3 is 155 Å². The SMILES string of the molecule is CC[C@@H](O)[C@@H](O)[C@@H]1O[C@@](O[C@H]2[C@@H](O)[C@@H](CO)O[C@@H](O[C@H]3[C@H](O)[C@@H](NC(C)=O)[C@H](O[C@H]4[C@H](O)[C@@H](NC(C)=O)[C@H](O[C@H]5[C@H](O)[C@@H](NC(C)=O)[C@H](O[C@H]6[C@H](O)[C@@H](NC(C)=O)C(O)O[C@@H]6COS(=O)(=O)O)O[C@@H]5CO)O[C@@H]4CO)O[C@@H]3CO)[C@@H]2O)(C(=O)O)C[C@H](O)[C@H]1NC(C)=O. The molecule has 6 saturated heterocycles. The summed E-state index contributed by atoms with van der Waals surface area (Å²) in [4.78, 5) is 75.7. The number of hydrogen-bond acceptors (Lipinski definition) is 34. The number of aliphatic carboxylic acids is 1. The fourth-order valence-electron chi connectivity index (χ4n) is 11.5. The van der Waals surface area contributed by atoms with Gasteiger partial charge in [-0.1, -0.05) is 6.92 Å². The maximum Gasteiger partial charge on any atom is 0.397 e. The van der Waals surface area contributed by atoms with Gasteiger partial charge in [0.05, 0.1) is 51.3 Å². The van der Waals surface area contributed by atoms with E-state index in [4.69, 9.17) is 52.1 Å². The molecule has 1 unspecified atom stereocenters. The van der Waals surface area contributed by atoms with E-state index in [2.05, 4.69) is 30.8 Å². The standard InChI is InChI=1S/C50H83N5O36S/c1-7-19(65)31(67)42-26(51-14(2)60)20(66)8-50(90-42,49(75)76)91-43-32(68)21(9-56)82-48(37(43)73)89-40-24(12-59)85-46(30(36(40)72)55-18(6)64)87-38-22(10-57)83-45(28(34(38)70)53-16(4)62)86-39-23(11-58)84-47(29(35(39)71)54-17(5)63)88-41-25(13-80-92(77,78)79)81-44(74)27(33(41)69)52-15(3)61/h19-48,56-59,65-74H,7-13H2,1-6H3,(H,51,60)(H,52,61)(H,53,62)(H,54,63)(H,55,64)(H,75,76)(H,77,78,79)/t19-,20+,21-,22-,23-,24-,25-,26-,27-,28-,29-,30-,31-,32+,33-,34-,35-,36-,37-,38-,39-,40-,41-,42-,43+,44?,45+,46+,47+,48+,50+/m1/s1. The van der Waals surface area contributed by atoms with Gasteiger partial charge in [-0.05, 0) is 6.42 Å². The fraction of sp³-hybridized carbons (Fsp3) is 0.880. The van der Waals surface area contributed by atoms with E-state index < -0.39 is 275 Å². The number of hydrogen-bond donors (Lipinski definition) is 21. The van der Waals surface area contributed by atoms with E-state index in [1.807, 2.05) is 0 Å². The maximum atomic E-state index is 13.1. The zero-order valence-corrected chi connectivity index (χ0v) is 50.8. The summed E-state index contributed by atoms with van der Waals surface area (Å²) in [5, 5.41) is 179. The summed E-state index contributed by atoms with van der Waals surface area (Å²) in [5.41, 5.74) is 0. The highest BCUT2D eigenvalue weighted by molar-refractivity contribution is 7.80. The number of carboxylic acids is 1. The molecule has 6 aliphatic rings. The second kappa shape index (κ2) is 32.6. The summed E-state index contributed by atoms with van der Waals surface area (Å²) in [5.74, 6) is -9.52. The molecule has 21 N–H and O–H groups in total. The molecule has 92 heavy (non-hydrogen) atoms. The van der Waals surface area contributed by atoms with Gasteiger partial charge >= 0.3 is 16.4 Å². The molecule has 5 amide bonds. The van der Waals surface area contributed by atoms with Gasteiger partial charge in [0, 0.05) is 41.0 Å². The minimum Gasteiger partial charge on any atom is -0.477 e. The Hall–Kier alpha value is -4.31. The van der Waals surface area contributed by atoms with Crippen molar-refractivity contribution in [3.05, 3.63) is 0 Å². The topological polar surface area (TPSA) is 631 Å². The van der Waals surface area contributed by atoms with Gasteiger partial charge in [0.1, 0.15) is 134 Å². The van der Waals surface area contributed by atoms with Crippen LogP contribution >= 0.6 is 0 Å². The van der Waals surface area contributed by atoms with Gasteiger partial charge in [0.15, 0.2) is 31.5 Å². The summed E-state index contributed by atoms with van der Waals surface area (Å²) in [6.45, 7) is 0.626. The molecule has 0 aromatic rings. The lowest BCUT2D eigenvalue weighted by Crippen LogP contribution is -2.72. The number of amides is 5. The third-order valence-electron chi connectivity index (χ3n) is 15.8. The number of carbonyl (C=O) groups is 6. The first-order valence-corrected chi connectivity index (χ1v) is 30.1. The van der Waals surface area contributed by atoms with Crippen LogP contribution in [-0.4, -0.2) is 348 Å². The van der Waals surface area contributed by atoms with Crippen LogP contribution in [0.25, 0.3) is 0 Å². The number of ether oxygens (including phenoxy) is 11. The number of nitrogens with one attached hydrogen (secondary N) is 5. The molecule has 0 aliphatic carbocycles. The number of aliphatic hydroxyl groups excluding tert-OH is 14. The van der Waals surface area contributed by atoms with E-state index in [0.29, 0.717) is 0 Å². The van der Waals surface area contributed by atoms with Gasteiger partial charge in [-0.2, -0.15) is 8.42 Å². The first-order chi connectivity index (χ1) is 43.0. The molecule has 0 radical (unpaired) electrons. The van der Waals surface area contributed by atoms with Crippen LogP contribution in [0.15, 0.2) is 0 Å². The number of carboxylic acid groups (broad SMARTS) is 1. The van der Waals surface area contributed by atoms with E-state index >= 15 is 0 Å². The Morgan fingerprint density at radius 1 is 0.500 bits per heavy atom. The molecule has 530 valence electrons. The van der Waals surface area contributed by atoms with Crippen LogP contribution < -0.4 is 26.6 Å². The Labute approximate surface area is 522 Å². The summed E-state index contributed by atoms with van der Waals surface area (Å²) in [7, 11) is -5.22. The lowest BCUT2D eigenvalue weighted by atomic mass is 9.87. The van der Waals surface area contributed by atoms with Crippen LogP contribution in [0.5, 0.6) is 0 Å². The smallest absolute Gasteiger partial charge is 0.397 e. The van der Waals surface area contributed by atoms with Gasteiger partial charge in [-0.25, -0.2) is 8.98 Å². The first kappa shape index (κ1) is 76.7. The molecule has 6 rings (SSSR count). The van der Waals surface area contributed by atoms with Crippen molar-refractivity contribution in [2.24, 2.45) is 0 Å². The summed E-state index contributed by atoms with van der Waals surface area (Å²) < 4.78 is 101. The van der Waals surface area contributed by atoms with Crippen LogP contribution in [0, 0.1) is 0 Å². The second-order valence-corrected chi connectivity index (χ2v) is 23.7. The molecule has 41 nitrogen and oxygen atoms in total. The predicted molar refractivity (Wildman–Crippen MR) is 288 cm³/mol. The van der Waals surface area contributed by atoms with E-state index in [1.54, 1.807) is 0 Å². The maximum absolute atomic E-state index is 13.1. The Balaban J connectivity index is 1.25. The van der Waals surface area contributed by atoms with Crippen molar-refractivity contribution in [1.82, 2.24) is 26.6 Å². The number of rotatable bonds is 26. The lowest BCUT2D eigenvalue weighted by molar-refractivity contribution is -0.387. The Morgan fingerprint density at radius 3 is 1.23 bits per heavy atom. The first-order valence-electron chi connectivity index (χ1n) is 28.8. The third-order valence-corrected chi connectivity index (χ3v) is 16.3. The molecule has 42 heteroatoms. The number of carbonyl (C=O) groups excluding carboxylic acids is 5. The average Bonchev–Trinajstić information content (AvgIpc) is 0.779. The van der Waals surface area contributed by atoms with Crippen LogP contribution in [0.1, 0.15) is 54.4 Å². The molecule has 0 saturated carbocycles. The summed E-state index contributed by atoms with van der Waals surface area (Å²) in [6, 6.07) is -8.91. The van der Waals surface area contributed by atoms with Crippen molar-refractivity contribution in [1.29, 1.82) is 0 Å². The molecule has 6 heterocycles. The second-order valence-electron chi connectivity index (χ2n) is 22.6. The highest BCUT2D eigenvalue weighted by Gasteiger charge is 2.62. The molecule has 6 fully saturated rings. The van der Waals surface area contributed by atoms with Gasteiger partial charge in [-0.15, -0.1) is 0 Å². The average molecular weight is 1360 g/mol. The molecule has 31 atom stereocenters. The van der Waals surface area contributed by atoms with Gasteiger partial charge in [0.2, 0.25) is 29.5 Å². The van der Waals surface area contributed by atoms with Crippen LogP contribution in [0.2, 0.25) is 0 Å². The molecule has 6 aliphatic heterocycles. The van der Waals surface area contributed by atoms with Crippen LogP contribution in [0.4, 0.5) is 0 Å². The highest BCUT2D eigenvalue weighted by atomic mass is 32.3. The molecular weight excluding hydrogens is 1280 g/mol. The normalized spacial score (nSPS) is 42.5. The zero-order valence-electron chi connectivity index (χ0n) is 50.0. The number of aliphatic hydroxyl groups is 14. The lowest BCUT2D eigenvalue weighted by Gasteiger charge is -2.52. The molecule has 0 aromatic carbocycles. The third kappa shape index (κ3) is 18.0. The van der Waals surface area contributed by atoms with Crippen molar-refractivity contribution in [3.63, 3.8) is 0 Å². The van der Waals surface area contributed by atoms with E-state index in [-0.39, 0.29) is 6.42 Å². The zero-order chi connectivity index (χ0) is 68.8. The summed E-state index contributed by atoms with van der Waals surface area (Å²) in [6.07, 6.45) is -51.7. The monoisotopic (exact) mass is 1360 g/mol. The molecular formula is C50H83N5O36S. The van der Waals surface area contributed by atoms with Gasteiger partial charge in [-0.3, -0.25) is 28.5 Å². The molecule has 0 aromatic heterocycles. The van der Waals surface area contributed by atoms with E-state index in [9.17, 15) is 118 Å². The van der Waals surface area contributed by atoms with Crippen molar-refractivity contribution >= 4 is 45.9 Å². The largest absolute Gasteiger partial charge is 0.477 e. The fourth-order valence-corrected chi connectivity index (χ4v) is 11.8. The van der Waals surface area contributed by atoms with Crippen LogP contribution in [-0.2, 0) is 95.5 Å². The Bertz CT molecular complexity index is 2610. The van der Waals surface area contributed by atoms with Crippen molar-refractivity contribution in [2.45, 2.75) is 244 Å². The van der Waals surface area contributed by atoms with Crippen molar-refractivity contribution in [3.8, 4) is 0 Å². The molecule has 0 bridgehead atoms. The molecule has 0 spiro atoms. The van der Waals surface area contributed by atoms with Gasteiger partial charge in [0.25, 0.3) is 5.79 Å². The summed E-state index contributed by atoms with van der Waals surface area (Å²) >= 11 is 0. The van der Waals surface area contributed by atoms with E-state index in [1.165, 1.54) is 6.92 Å². The van der Waals surface area contributed by atoms with E-state index in [0.717, 1.165) is 34.6 Å².